The first-order chi connectivity index (χ1) is 9.13. The van der Waals surface area contributed by atoms with Crippen molar-refractivity contribution in [3.63, 3.8) is 0 Å². The fourth-order valence-corrected chi connectivity index (χ4v) is 2.01. The third-order valence-electron chi connectivity index (χ3n) is 2.44. The van der Waals surface area contributed by atoms with Gasteiger partial charge in [-0.05, 0) is 36.6 Å². The fourth-order valence-electron chi connectivity index (χ4n) is 1.54. The van der Waals surface area contributed by atoms with E-state index in [0.717, 1.165) is 11.0 Å². The molecular weight excluding hydrogens is 265 g/mol. The van der Waals surface area contributed by atoms with Gasteiger partial charge in [0.1, 0.15) is 29.1 Å². The second-order valence-electron chi connectivity index (χ2n) is 3.69. The Kier molecular flexibility index (Phi) is 3.93. The lowest BCUT2D eigenvalue weighted by atomic mass is 10.2. The van der Waals surface area contributed by atoms with Gasteiger partial charge in [0.25, 0.3) is 0 Å². The summed E-state index contributed by atoms with van der Waals surface area (Å²) in [7, 11) is 0. The number of rotatable bonds is 3. The molecule has 19 heavy (non-hydrogen) atoms. The molecule has 0 unspecified atom stereocenters. The van der Waals surface area contributed by atoms with Gasteiger partial charge in [0.2, 0.25) is 0 Å². The minimum Gasteiger partial charge on any atom is -0.507 e. The number of hydrogen-bond donors (Lipinski definition) is 1. The van der Waals surface area contributed by atoms with Gasteiger partial charge in [-0.25, -0.2) is 4.39 Å². The van der Waals surface area contributed by atoms with Gasteiger partial charge in [-0.1, -0.05) is 0 Å². The van der Waals surface area contributed by atoms with Crippen LogP contribution in [0.25, 0.3) is 0 Å². The lowest BCUT2D eigenvalue weighted by molar-refractivity contribution is 0.444. The van der Waals surface area contributed by atoms with Crippen molar-refractivity contribution >= 4 is 11.8 Å². The largest absolute Gasteiger partial charge is 0.507 e. The van der Waals surface area contributed by atoms with E-state index < -0.39 is 5.82 Å². The molecule has 0 atom stereocenters. The highest BCUT2D eigenvalue weighted by Crippen LogP contribution is 2.33. The van der Waals surface area contributed by atoms with Crippen molar-refractivity contribution in [2.24, 2.45) is 0 Å². The minimum atomic E-state index is -0.496. The number of benzene rings is 2. The van der Waals surface area contributed by atoms with Crippen LogP contribution in [0, 0.1) is 17.1 Å². The van der Waals surface area contributed by atoms with Crippen molar-refractivity contribution < 1.29 is 14.2 Å². The van der Waals surface area contributed by atoms with Gasteiger partial charge >= 0.3 is 0 Å². The number of nitrogens with zero attached hydrogens (tertiary/aromatic N) is 1. The van der Waals surface area contributed by atoms with Crippen LogP contribution in [0.1, 0.15) is 5.56 Å². The Balaban J connectivity index is 2.31. The molecule has 0 bridgehead atoms. The lowest BCUT2D eigenvalue weighted by Crippen LogP contribution is -1.89. The Morgan fingerprint density at radius 2 is 2.05 bits per heavy atom. The highest BCUT2D eigenvalue weighted by atomic mass is 32.2. The van der Waals surface area contributed by atoms with Crippen LogP contribution < -0.4 is 4.74 Å². The number of hydrogen-bond acceptors (Lipinski definition) is 4. The summed E-state index contributed by atoms with van der Waals surface area (Å²) in [5.74, 6) is 0.244. The van der Waals surface area contributed by atoms with E-state index in [1.165, 1.54) is 30.0 Å². The molecule has 0 aliphatic heterocycles. The van der Waals surface area contributed by atoms with Crippen molar-refractivity contribution in [2.45, 2.75) is 4.90 Å². The molecule has 0 aliphatic rings. The Morgan fingerprint density at radius 1 is 1.26 bits per heavy atom. The maximum absolute atomic E-state index is 13.0. The molecule has 96 valence electrons. The van der Waals surface area contributed by atoms with E-state index in [4.69, 9.17) is 10.00 Å². The Morgan fingerprint density at radius 3 is 2.68 bits per heavy atom. The molecule has 0 aromatic heterocycles. The van der Waals surface area contributed by atoms with Gasteiger partial charge < -0.3 is 9.84 Å². The molecule has 0 spiro atoms. The molecule has 5 heteroatoms. The Hall–Kier alpha value is -2.19. The monoisotopic (exact) mass is 275 g/mol. The zero-order chi connectivity index (χ0) is 13.8. The lowest BCUT2D eigenvalue weighted by Gasteiger charge is -2.09. The van der Waals surface area contributed by atoms with Crippen LogP contribution in [0.5, 0.6) is 17.2 Å². The SMILES string of the molecule is CSc1ccc(Oc2ccc(F)cc2C#N)cc1O. The average Bonchev–Trinajstić information content (AvgIpc) is 2.41. The molecule has 2 aromatic rings. The number of thioether (sulfide) groups is 1. The van der Waals surface area contributed by atoms with E-state index in [1.54, 1.807) is 12.1 Å². The zero-order valence-electron chi connectivity index (χ0n) is 10.1. The van der Waals surface area contributed by atoms with Crippen molar-refractivity contribution in [3.05, 3.63) is 47.8 Å². The highest BCUT2D eigenvalue weighted by Gasteiger charge is 2.08. The zero-order valence-corrected chi connectivity index (χ0v) is 10.9. The van der Waals surface area contributed by atoms with E-state index in [2.05, 4.69) is 0 Å². The van der Waals surface area contributed by atoms with Crippen LogP contribution in [0.4, 0.5) is 4.39 Å². The summed E-state index contributed by atoms with van der Waals surface area (Å²) < 4.78 is 18.5. The van der Waals surface area contributed by atoms with Crippen molar-refractivity contribution in [2.75, 3.05) is 6.26 Å². The summed E-state index contributed by atoms with van der Waals surface area (Å²) in [5, 5.41) is 18.6. The number of ether oxygens (including phenoxy) is 1. The molecule has 0 saturated carbocycles. The predicted octanol–water partition coefficient (Wildman–Crippen LogP) is 3.92. The highest BCUT2D eigenvalue weighted by molar-refractivity contribution is 7.98. The van der Waals surface area contributed by atoms with Crippen molar-refractivity contribution in [1.29, 1.82) is 5.26 Å². The van der Waals surface area contributed by atoms with Crippen LogP contribution in [0.3, 0.4) is 0 Å². The third-order valence-corrected chi connectivity index (χ3v) is 3.23. The smallest absolute Gasteiger partial charge is 0.145 e. The van der Waals surface area contributed by atoms with E-state index in [0.29, 0.717) is 5.75 Å². The van der Waals surface area contributed by atoms with Crippen LogP contribution in [0.2, 0.25) is 0 Å². The molecule has 0 aliphatic carbocycles. The molecule has 0 amide bonds. The van der Waals surface area contributed by atoms with Gasteiger partial charge in [0.15, 0.2) is 0 Å². The summed E-state index contributed by atoms with van der Waals surface area (Å²) in [6.45, 7) is 0. The average molecular weight is 275 g/mol. The van der Waals surface area contributed by atoms with Crippen LogP contribution in [-0.2, 0) is 0 Å². The topological polar surface area (TPSA) is 53.2 Å². The second-order valence-corrected chi connectivity index (χ2v) is 4.54. The molecule has 0 saturated heterocycles. The maximum Gasteiger partial charge on any atom is 0.145 e. The molecule has 1 N–H and O–H groups in total. The first-order valence-corrected chi connectivity index (χ1v) is 6.61. The summed E-state index contributed by atoms with van der Waals surface area (Å²) in [6.07, 6.45) is 1.85. The number of halogens is 1. The maximum atomic E-state index is 13.0. The quantitative estimate of drug-likeness (QED) is 0.863. The first-order valence-electron chi connectivity index (χ1n) is 5.38. The van der Waals surface area contributed by atoms with E-state index in [1.807, 2.05) is 12.3 Å². The van der Waals surface area contributed by atoms with Gasteiger partial charge in [0, 0.05) is 11.0 Å². The van der Waals surface area contributed by atoms with E-state index in [-0.39, 0.29) is 17.1 Å². The number of nitriles is 1. The summed E-state index contributed by atoms with van der Waals surface area (Å²) >= 11 is 1.41. The summed E-state index contributed by atoms with van der Waals surface area (Å²) in [4.78, 5) is 0.729. The van der Waals surface area contributed by atoms with Gasteiger partial charge in [-0.2, -0.15) is 5.26 Å². The van der Waals surface area contributed by atoms with Gasteiger partial charge in [-0.15, -0.1) is 11.8 Å². The number of phenols is 1. The van der Waals surface area contributed by atoms with E-state index >= 15 is 0 Å². The standard InChI is InChI=1S/C14H10FNO2S/c1-19-14-5-3-11(7-12(14)17)18-13-4-2-10(15)6-9(13)8-16/h2-7,17H,1H3. The van der Waals surface area contributed by atoms with Crippen molar-refractivity contribution in [3.8, 4) is 23.3 Å². The van der Waals surface area contributed by atoms with E-state index in [9.17, 15) is 9.50 Å². The number of phenolic OH excluding ortho intramolecular Hbond substituents is 1. The molecule has 3 nitrogen and oxygen atoms in total. The molecule has 2 aromatic carbocycles. The van der Waals surface area contributed by atoms with Gasteiger partial charge in [0.05, 0.1) is 5.56 Å². The van der Waals surface area contributed by atoms with Crippen molar-refractivity contribution in [1.82, 2.24) is 0 Å². The summed E-state index contributed by atoms with van der Waals surface area (Å²) in [6, 6.07) is 10.4. The molecular formula is C14H10FNO2S. The molecule has 0 fully saturated rings. The van der Waals surface area contributed by atoms with Crippen LogP contribution in [0.15, 0.2) is 41.3 Å². The normalized spacial score (nSPS) is 9.95. The number of aromatic hydroxyl groups is 1. The van der Waals surface area contributed by atoms with Crippen LogP contribution >= 0.6 is 11.8 Å². The third kappa shape index (κ3) is 2.98. The van der Waals surface area contributed by atoms with Crippen LogP contribution in [-0.4, -0.2) is 11.4 Å². The predicted molar refractivity (Wildman–Crippen MR) is 71.1 cm³/mol. The fraction of sp³-hybridized carbons (Fsp3) is 0.0714. The summed E-state index contributed by atoms with van der Waals surface area (Å²) in [5.41, 5.74) is 0.105. The first kappa shape index (κ1) is 13.2. The Bertz CT molecular complexity index is 652. The Labute approximate surface area is 114 Å². The molecule has 0 radical (unpaired) electrons. The molecule has 0 heterocycles. The van der Waals surface area contributed by atoms with Gasteiger partial charge in [-0.3, -0.25) is 0 Å². The second kappa shape index (κ2) is 5.63. The minimum absolute atomic E-state index is 0.102. The molecule has 2 rings (SSSR count).